The van der Waals surface area contributed by atoms with Crippen molar-refractivity contribution < 1.29 is 4.74 Å². The van der Waals surface area contributed by atoms with Crippen LogP contribution >= 0.6 is 0 Å². The maximum atomic E-state index is 5.21. The molecular formula is C8H12O. The van der Waals surface area contributed by atoms with E-state index in [2.05, 4.69) is 6.08 Å². The number of rotatable bonds is 1. The largest absolute Gasteiger partial charge is 0.501 e. The number of hydrogen-bond donors (Lipinski definition) is 0. The zero-order chi connectivity index (χ0) is 6.27. The summed E-state index contributed by atoms with van der Waals surface area (Å²) < 4.78 is 5.21. The maximum absolute atomic E-state index is 5.21. The highest BCUT2D eigenvalue weighted by Crippen LogP contribution is 2.43. The molecular weight excluding hydrogens is 112 g/mol. The Labute approximate surface area is 55.7 Å². The van der Waals surface area contributed by atoms with Gasteiger partial charge in [-0.2, -0.15) is 0 Å². The van der Waals surface area contributed by atoms with Crippen LogP contribution in [0.15, 0.2) is 11.8 Å². The molecule has 0 saturated heterocycles. The van der Waals surface area contributed by atoms with E-state index in [1.54, 1.807) is 7.11 Å². The summed E-state index contributed by atoms with van der Waals surface area (Å²) in [6, 6.07) is 0. The van der Waals surface area contributed by atoms with Crippen LogP contribution in [-0.2, 0) is 4.74 Å². The minimum atomic E-state index is 0.792. The van der Waals surface area contributed by atoms with Gasteiger partial charge in [-0.05, 0) is 31.3 Å². The molecule has 0 heterocycles. The lowest BCUT2D eigenvalue weighted by Crippen LogP contribution is -1.98. The predicted octanol–water partition coefficient (Wildman–Crippen LogP) is 1.95. The van der Waals surface area contributed by atoms with Crippen molar-refractivity contribution in [1.29, 1.82) is 0 Å². The van der Waals surface area contributed by atoms with Gasteiger partial charge in [0.05, 0.1) is 12.9 Å². The summed E-state index contributed by atoms with van der Waals surface area (Å²) >= 11 is 0. The molecule has 1 saturated carbocycles. The smallest absolute Gasteiger partial charge is 0.0949 e. The van der Waals surface area contributed by atoms with E-state index >= 15 is 0 Å². The first-order chi connectivity index (χ1) is 4.40. The monoisotopic (exact) mass is 124 g/mol. The molecule has 2 atom stereocenters. The van der Waals surface area contributed by atoms with Gasteiger partial charge in [-0.25, -0.2) is 0 Å². The molecule has 50 valence electrons. The van der Waals surface area contributed by atoms with Crippen molar-refractivity contribution in [3.05, 3.63) is 11.8 Å². The summed E-state index contributed by atoms with van der Waals surface area (Å²) in [5.41, 5.74) is 0. The molecule has 0 aromatic carbocycles. The van der Waals surface area contributed by atoms with Crippen LogP contribution < -0.4 is 0 Å². The van der Waals surface area contributed by atoms with Crippen LogP contribution in [-0.4, -0.2) is 7.11 Å². The van der Waals surface area contributed by atoms with Crippen LogP contribution in [0.25, 0.3) is 0 Å². The van der Waals surface area contributed by atoms with Gasteiger partial charge in [-0.3, -0.25) is 0 Å². The van der Waals surface area contributed by atoms with E-state index in [0.717, 1.165) is 11.8 Å². The first-order valence-electron chi connectivity index (χ1n) is 3.66. The van der Waals surface area contributed by atoms with Gasteiger partial charge in [-0.1, -0.05) is 0 Å². The van der Waals surface area contributed by atoms with Crippen molar-refractivity contribution >= 4 is 0 Å². The molecule has 9 heavy (non-hydrogen) atoms. The summed E-state index contributed by atoms with van der Waals surface area (Å²) in [7, 11) is 1.78. The number of fused-ring (bicyclic) bond motifs is 2. The normalized spacial score (nSPS) is 39.0. The van der Waals surface area contributed by atoms with Crippen molar-refractivity contribution in [2.45, 2.75) is 19.3 Å². The van der Waals surface area contributed by atoms with Gasteiger partial charge in [0.1, 0.15) is 0 Å². The van der Waals surface area contributed by atoms with E-state index in [4.69, 9.17) is 4.74 Å². The Bertz CT molecular complexity index is 149. The fourth-order valence-electron chi connectivity index (χ4n) is 2.03. The third kappa shape index (κ3) is 0.673. The number of methoxy groups -OCH3 is 1. The minimum absolute atomic E-state index is 0.792. The van der Waals surface area contributed by atoms with Gasteiger partial charge < -0.3 is 4.74 Å². The van der Waals surface area contributed by atoms with E-state index in [-0.39, 0.29) is 0 Å². The average molecular weight is 124 g/mol. The van der Waals surface area contributed by atoms with Gasteiger partial charge in [0.15, 0.2) is 0 Å². The first kappa shape index (κ1) is 5.33. The third-order valence-electron chi connectivity index (χ3n) is 2.51. The zero-order valence-electron chi connectivity index (χ0n) is 5.76. The number of allylic oxidation sites excluding steroid dienone is 2. The number of ether oxygens (including phenoxy) is 1. The van der Waals surface area contributed by atoms with Gasteiger partial charge in [0.2, 0.25) is 0 Å². The molecule has 0 aliphatic heterocycles. The molecule has 0 unspecified atom stereocenters. The lowest BCUT2D eigenvalue weighted by Gasteiger charge is -2.10. The van der Waals surface area contributed by atoms with Crippen LogP contribution in [0.2, 0.25) is 0 Å². The fourth-order valence-corrected chi connectivity index (χ4v) is 2.03. The lowest BCUT2D eigenvalue weighted by molar-refractivity contribution is 0.247. The summed E-state index contributed by atoms with van der Waals surface area (Å²) in [6.45, 7) is 0. The standard InChI is InChI=1S/C8H12O/c1-9-8-5-6-2-3-7(8)4-6/h5-7H,2-4H2,1H3/t6-,7+/m1/s1. The topological polar surface area (TPSA) is 9.23 Å². The highest BCUT2D eigenvalue weighted by Gasteiger charge is 2.33. The molecule has 0 aromatic heterocycles. The second-order valence-electron chi connectivity index (χ2n) is 3.04. The van der Waals surface area contributed by atoms with Crippen LogP contribution in [0.1, 0.15) is 19.3 Å². The number of hydrogen-bond acceptors (Lipinski definition) is 1. The molecule has 2 rings (SSSR count). The van der Waals surface area contributed by atoms with Gasteiger partial charge in [-0.15, -0.1) is 0 Å². The summed E-state index contributed by atoms with van der Waals surface area (Å²) in [6.07, 6.45) is 6.43. The van der Waals surface area contributed by atoms with E-state index in [9.17, 15) is 0 Å². The lowest BCUT2D eigenvalue weighted by atomic mass is 10.1. The Morgan fingerprint density at radius 2 is 2.44 bits per heavy atom. The Kier molecular flexibility index (Phi) is 1.04. The average Bonchev–Trinajstić information content (AvgIpc) is 2.45. The van der Waals surface area contributed by atoms with Gasteiger partial charge in [0, 0.05) is 5.92 Å². The van der Waals surface area contributed by atoms with Gasteiger partial charge in [0.25, 0.3) is 0 Å². The highest BCUT2D eigenvalue weighted by molar-refractivity contribution is 5.13. The summed E-state index contributed by atoms with van der Waals surface area (Å²) in [5.74, 6) is 2.91. The molecule has 0 N–H and O–H groups in total. The zero-order valence-corrected chi connectivity index (χ0v) is 5.76. The van der Waals surface area contributed by atoms with Crippen molar-refractivity contribution in [3.8, 4) is 0 Å². The van der Waals surface area contributed by atoms with E-state index in [1.807, 2.05) is 0 Å². The second kappa shape index (κ2) is 1.76. The van der Waals surface area contributed by atoms with Crippen molar-refractivity contribution in [1.82, 2.24) is 0 Å². The molecule has 0 spiro atoms. The second-order valence-corrected chi connectivity index (χ2v) is 3.04. The molecule has 1 fully saturated rings. The quantitative estimate of drug-likeness (QED) is 0.519. The van der Waals surface area contributed by atoms with E-state index in [1.165, 1.54) is 25.0 Å². The summed E-state index contributed by atoms with van der Waals surface area (Å²) in [4.78, 5) is 0. The Morgan fingerprint density at radius 1 is 1.56 bits per heavy atom. The molecule has 0 aromatic rings. The maximum Gasteiger partial charge on any atom is 0.0949 e. The van der Waals surface area contributed by atoms with E-state index < -0.39 is 0 Å². The Morgan fingerprint density at radius 3 is 2.78 bits per heavy atom. The van der Waals surface area contributed by atoms with Gasteiger partial charge >= 0.3 is 0 Å². The van der Waals surface area contributed by atoms with Crippen LogP contribution in [0, 0.1) is 11.8 Å². The molecule has 2 aliphatic carbocycles. The highest BCUT2D eigenvalue weighted by atomic mass is 16.5. The third-order valence-corrected chi connectivity index (χ3v) is 2.51. The molecule has 0 radical (unpaired) electrons. The van der Waals surface area contributed by atoms with Crippen LogP contribution in [0.5, 0.6) is 0 Å². The van der Waals surface area contributed by atoms with Crippen molar-refractivity contribution in [2.24, 2.45) is 11.8 Å². The Balaban J connectivity index is 2.18. The molecule has 1 heteroatoms. The predicted molar refractivity (Wildman–Crippen MR) is 35.9 cm³/mol. The molecule has 1 nitrogen and oxygen atoms in total. The molecule has 0 amide bonds. The van der Waals surface area contributed by atoms with E-state index in [0.29, 0.717) is 0 Å². The SMILES string of the molecule is COC1=C[C@@H]2CC[C@H]1C2. The fraction of sp³-hybridized carbons (Fsp3) is 0.750. The minimum Gasteiger partial charge on any atom is -0.501 e. The first-order valence-corrected chi connectivity index (χ1v) is 3.66. The molecule has 2 bridgehead atoms. The van der Waals surface area contributed by atoms with Crippen LogP contribution in [0.4, 0.5) is 0 Å². The Hall–Kier alpha value is -0.460. The van der Waals surface area contributed by atoms with Crippen molar-refractivity contribution in [2.75, 3.05) is 7.11 Å². The summed E-state index contributed by atoms with van der Waals surface area (Å²) in [5, 5.41) is 0. The van der Waals surface area contributed by atoms with Crippen molar-refractivity contribution in [3.63, 3.8) is 0 Å². The molecule has 2 aliphatic rings. The van der Waals surface area contributed by atoms with Crippen LogP contribution in [0.3, 0.4) is 0 Å².